The molecule has 0 bridgehead atoms. The van der Waals surface area contributed by atoms with Crippen molar-refractivity contribution < 1.29 is 0 Å². The van der Waals surface area contributed by atoms with Gasteiger partial charge in [-0.05, 0) is 25.9 Å². The molecule has 1 saturated heterocycles. The number of rotatable bonds is 3. The number of fused-ring (bicyclic) bond motifs is 1. The quantitative estimate of drug-likeness (QED) is 0.893. The zero-order valence-electron chi connectivity index (χ0n) is 10.6. The maximum atomic E-state index is 4.21. The van der Waals surface area contributed by atoms with Crippen LogP contribution in [0.15, 0.2) is 30.5 Å². The molecule has 0 aliphatic carbocycles. The lowest BCUT2D eigenvalue weighted by Gasteiger charge is -2.12. The van der Waals surface area contributed by atoms with Crippen LogP contribution in [0.5, 0.6) is 0 Å². The molecule has 4 nitrogen and oxygen atoms in total. The zero-order valence-corrected chi connectivity index (χ0v) is 10.6. The molecular weight excluding hydrogens is 224 g/mol. The summed E-state index contributed by atoms with van der Waals surface area (Å²) < 4.78 is 0. The van der Waals surface area contributed by atoms with Crippen molar-refractivity contribution >= 4 is 16.6 Å². The summed E-state index contributed by atoms with van der Waals surface area (Å²) in [6.07, 6.45) is 3.07. The minimum Gasteiger partial charge on any atom is -0.368 e. The first kappa shape index (κ1) is 11.4. The van der Waals surface area contributed by atoms with Crippen LogP contribution >= 0.6 is 0 Å². The van der Waals surface area contributed by atoms with Crippen molar-refractivity contribution in [2.75, 3.05) is 32.0 Å². The molecule has 1 N–H and O–H groups in total. The molecule has 1 fully saturated rings. The summed E-state index contributed by atoms with van der Waals surface area (Å²) in [7, 11) is 2.18. The van der Waals surface area contributed by atoms with E-state index in [-0.39, 0.29) is 0 Å². The van der Waals surface area contributed by atoms with Crippen molar-refractivity contribution in [1.82, 2.24) is 15.1 Å². The van der Waals surface area contributed by atoms with Gasteiger partial charge in [0.25, 0.3) is 0 Å². The summed E-state index contributed by atoms with van der Waals surface area (Å²) in [4.78, 5) is 2.38. The van der Waals surface area contributed by atoms with Crippen LogP contribution in [0.3, 0.4) is 0 Å². The van der Waals surface area contributed by atoms with Crippen molar-refractivity contribution in [3.8, 4) is 0 Å². The van der Waals surface area contributed by atoms with Crippen molar-refractivity contribution in [3.63, 3.8) is 0 Å². The smallest absolute Gasteiger partial charge is 0.156 e. The number of benzene rings is 1. The molecule has 0 amide bonds. The van der Waals surface area contributed by atoms with E-state index in [4.69, 9.17) is 0 Å². The van der Waals surface area contributed by atoms with Crippen molar-refractivity contribution in [1.29, 1.82) is 0 Å². The highest BCUT2D eigenvalue weighted by molar-refractivity contribution is 5.90. The molecule has 2 aromatic rings. The monoisotopic (exact) mass is 242 g/mol. The zero-order chi connectivity index (χ0) is 12.4. The Bertz CT molecular complexity index is 535. The first-order valence-corrected chi connectivity index (χ1v) is 6.46. The predicted molar refractivity (Wildman–Crippen MR) is 73.6 cm³/mol. The normalized spacial score (nSPS) is 20.4. The fourth-order valence-corrected chi connectivity index (χ4v) is 2.59. The Morgan fingerprint density at radius 2 is 2.28 bits per heavy atom. The standard InChI is InChI=1S/C14H18N4/c1-18-7-6-11(10-18)8-15-14-13-5-3-2-4-12(13)9-16-17-14/h2-5,9,11H,6-8,10H2,1H3,(H,15,17). The number of nitrogens with zero attached hydrogens (tertiary/aromatic N) is 3. The molecule has 1 aromatic carbocycles. The van der Waals surface area contributed by atoms with E-state index in [0.29, 0.717) is 0 Å². The molecule has 1 aliphatic heterocycles. The van der Waals surface area contributed by atoms with E-state index in [0.717, 1.165) is 29.1 Å². The second kappa shape index (κ2) is 4.90. The average molecular weight is 242 g/mol. The second-order valence-electron chi connectivity index (χ2n) is 5.08. The largest absolute Gasteiger partial charge is 0.368 e. The Balaban J connectivity index is 1.74. The summed E-state index contributed by atoms with van der Waals surface area (Å²) in [6.45, 7) is 3.35. The summed E-state index contributed by atoms with van der Waals surface area (Å²) in [6, 6.07) is 8.23. The van der Waals surface area contributed by atoms with Gasteiger partial charge in [-0.3, -0.25) is 0 Å². The molecule has 0 spiro atoms. The fourth-order valence-electron chi connectivity index (χ4n) is 2.59. The van der Waals surface area contributed by atoms with Crippen molar-refractivity contribution in [2.24, 2.45) is 5.92 Å². The highest BCUT2D eigenvalue weighted by atomic mass is 15.2. The SMILES string of the molecule is CN1CCC(CNc2nncc3ccccc23)C1. The molecule has 1 unspecified atom stereocenters. The van der Waals surface area contributed by atoms with Gasteiger partial charge in [-0.15, -0.1) is 5.10 Å². The Kier molecular flexibility index (Phi) is 3.11. The summed E-state index contributed by atoms with van der Waals surface area (Å²) in [5.41, 5.74) is 0. The van der Waals surface area contributed by atoms with Crippen LogP contribution in [0.1, 0.15) is 6.42 Å². The molecule has 4 heteroatoms. The van der Waals surface area contributed by atoms with Crippen LogP contribution in [0.2, 0.25) is 0 Å². The van der Waals surface area contributed by atoms with Gasteiger partial charge in [-0.25, -0.2) is 0 Å². The Morgan fingerprint density at radius 3 is 3.11 bits per heavy atom. The van der Waals surface area contributed by atoms with E-state index >= 15 is 0 Å². The molecule has 1 atom stereocenters. The lowest BCUT2D eigenvalue weighted by atomic mass is 10.1. The van der Waals surface area contributed by atoms with Gasteiger partial charge in [0, 0.05) is 23.9 Å². The molecule has 0 radical (unpaired) electrons. The van der Waals surface area contributed by atoms with E-state index in [2.05, 4.69) is 39.6 Å². The van der Waals surface area contributed by atoms with Gasteiger partial charge in [-0.1, -0.05) is 24.3 Å². The van der Waals surface area contributed by atoms with Crippen LogP contribution in [-0.2, 0) is 0 Å². The first-order valence-electron chi connectivity index (χ1n) is 6.46. The summed E-state index contributed by atoms with van der Waals surface area (Å²) >= 11 is 0. The number of hydrogen-bond acceptors (Lipinski definition) is 4. The van der Waals surface area contributed by atoms with E-state index < -0.39 is 0 Å². The van der Waals surface area contributed by atoms with E-state index in [1.807, 2.05) is 18.3 Å². The van der Waals surface area contributed by atoms with Gasteiger partial charge < -0.3 is 10.2 Å². The third-order valence-electron chi connectivity index (χ3n) is 3.62. The minimum atomic E-state index is 0.718. The van der Waals surface area contributed by atoms with E-state index in [1.54, 1.807) is 0 Å². The molecule has 3 rings (SSSR count). The lowest BCUT2D eigenvalue weighted by molar-refractivity contribution is 0.399. The third-order valence-corrected chi connectivity index (χ3v) is 3.62. The van der Waals surface area contributed by atoms with Crippen molar-refractivity contribution in [3.05, 3.63) is 30.5 Å². The first-order chi connectivity index (χ1) is 8.83. The van der Waals surface area contributed by atoms with Crippen LogP contribution in [0, 0.1) is 5.92 Å². The molecule has 94 valence electrons. The van der Waals surface area contributed by atoms with Gasteiger partial charge in [0.2, 0.25) is 0 Å². The Hall–Kier alpha value is -1.68. The molecule has 0 saturated carbocycles. The van der Waals surface area contributed by atoms with Gasteiger partial charge in [0.1, 0.15) is 0 Å². The number of aromatic nitrogens is 2. The van der Waals surface area contributed by atoms with Gasteiger partial charge in [-0.2, -0.15) is 5.10 Å². The topological polar surface area (TPSA) is 41.0 Å². The lowest BCUT2D eigenvalue weighted by Crippen LogP contribution is -2.19. The number of nitrogens with one attached hydrogen (secondary N) is 1. The summed E-state index contributed by atoms with van der Waals surface area (Å²) in [5.74, 6) is 1.62. The number of likely N-dealkylation sites (tertiary alicyclic amines) is 1. The van der Waals surface area contributed by atoms with E-state index in [9.17, 15) is 0 Å². The molecule has 1 aromatic heterocycles. The highest BCUT2D eigenvalue weighted by Crippen LogP contribution is 2.21. The summed E-state index contributed by atoms with van der Waals surface area (Å²) in [5, 5.41) is 14.0. The van der Waals surface area contributed by atoms with Crippen LogP contribution in [0.25, 0.3) is 10.8 Å². The molecular formula is C14H18N4. The Morgan fingerprint density at radius 1 is 1.39 bits per heavy atom. The fraction of sp³-hybridized carbons (Fsp3) is 0.429. The molecule has 18 heavy (non-hydrogen) atoms. The number of anilines is 1. The van der Waals surface area contributed by atoms with Crippen LogP contribution in [0.4, 0.5) is 5.82 Å². The molecule has 1 aliphatic rings. The highest BCUT2D eigenvalue weighted by Gasteiger charge is 2.19. The van der Waals surface area contributed by atoms with E-state index in [1.165, 1.54) is 19.5 Å². The van der Waals surface area contributed by atoms with Crippen LogP contribution < -0.4 is 5.32 Å². The Labute approximate surface area is 107 Å². The van der Waals surface area contributed by atoms with Gasteiger partial charge in [0.15, 0.2) is 5.82 Å². The second-order valence-corrected chi connectivity index (χ2v) is 5.08. The van der Waals surface area contributed by atoms with Crippen LogP contribution in [-0.4, -0.2) is 41.8 Å². The van der Waals surface area contributed by atoms with Gasteiger partial charge in [0.05, 0.1) is 6.20 Å². The predicted octanol–water partition coefficient (Wildman–Crippen LogP) is 1.99. The minimum absolute atomic E-state index is 0.718. The molecule has 2 heterocycles. The maximum absolute atomic E-state index is 4.21. The third kappa shape index (κ3) is 2.29. The average Bonchev–Trinajstić information content (AvgIpc) is 2.82. The van der Waals surface area contributed by atoms with Crippen molar-refractivity contribution in [2.45, 2.75) is 6.42 Å². The number of hydrogen-bond donors (Lipinski definition) is 1. The van der Waals surface area contributed by atoms with Gasteiger partial charge >= 0.3 is 0 Å². The maximum Gasteiger partial charge on any atom is 0.156 e.